The second-order valence-corrected chi connectivity index (χ2v) is 7.24. The van der Waals surface area contributed by atoms with E-state index in [0.717, 1.165) is 10.4 Å². The number of anilines is 1. The first kappa shape index (κ1) is 23.0. The molecule has 0 unspecified atom stereocenters. The molecule has 0 aliphatic rings. The van der Waals surface area contributed by atoms with E-state index in [-0.39, 0.29) is 22.6 Å². The van der Waals surface area contributed by atoms with Crippen LogP contribution in [0.15, 0.2) is 12.1 Å². The number of thiophene rings is 1. The lowest BCUT2D eigenvalue weighted by Crippen LogP contribution is -2.21. The van der Waals surface area contributed by atoms with E-state index in [1.54, 1.807) is 6.92 Å². The van der Waals surface area contributed by atoms with E-state index in [4.69, 9.17) is 23.7 Å². The molecule has 1 N–H and O–H groups in total. The molecular weight excluding hydrogens is 414 g/mol. The molecule has 0 atom stereocenters. The number of rotatable bonds is 8. The monoisotopic (exact) mass is 437 g/mol. The van der Waals surface area contributed by atoms with Gasteiger partial charge in [0.15, 0.2) is 18.1 Å². The molecule has 30 heavy (non-hydrogen) atoms. The van der Waals surface area contributed by atoms with E-state index in [9.17, 15) is 14.4 Å². The van der Waals surface area contributed by atoms with Crippen LogP contribution in [-0.2, 0) is 14.3 Å². The average molecular weight is 437 g/mol. The molecule has 0 fully saturated rings. The van der Waals surface area contributed by atoms with Crippen molar-refractivity contribution in [3.8, 4) is 17.2 Å². The van der Waals surface area contributed by atoms with Gasteiger partial charge in [0.1, 0.15) is 5.00 Å². The summed E-state index contributed by atoms with van der Waals surface area (Å²) >= 11 is 1.24. The normalized spacial score (nSPS) is 10.2. The summed E-state index contributed by atoms with van der Waals surface area (Å²) in [4.78, 5) is 37.5. The van der Waals surface area contributed by atoms with Crippen molar-refractivity contribution in [2.24, 2.45) is 0 Å². The van der Waals surface area contributed by atoms with Crippen molar-refractivity contribution in [1.29, 1.82) is 0 Å². The quantitative estimate of drug-likeness (QED) is 0.628. The molecule has 0 saturated heterocycles. The molecule has 0 bridgehead atoms. The molecule has 2 aromatic rings. The summed E-state index contributed by atoms with van der Waals surface area (Å²) in [7, 11) is 5.55. The predicted octanol–water partition coefficient (Wildman–Crippen LogP) is 2.97. The topological polar surface area (TPSA) is 109 Å². The Balaban J connectivity index is 2.12. The van der Waals surface area contributed by atoms with Gasteiger partial charge >= 0.3 is 11.9 Å². The van der Waals surface area contributed by atoms with Crippen molar-refractivity contribution in [1.82, 2.24) is 0 Å². The van der Waals surface area contributed by atoms with E-state index < -0.39 is 24.5 Å². The van der Waals surface area contributed by atoms with Gasteiger partial charge in [-0.2, -0.15) is 0 Å². The lowest BCUT2D eigenvalue weighted by molar-refractivity contribution is -0.119. The zero-order valence-corrected chi connectivity index (χ0v) is 18.4. The summed E-state index contributed by atoms with van der Waals surface area (Å²) in [6, 6.07) is 2.84. The Labute approximate surface area is 177 Å². The number of esters is 2. The Bertz CT molecular complexity index is 941. The second-order valence-electron chi connectivity index (χ2n) is 6.02. The van der Waals surface area contributed by atoms with Crippen LogP contribution in [0.1, 0.15) is 31.2 Å². The van der Waals surface area contributed by atoms with Gasteiger partial charge in [-0.15, -0.1) is 11.3 Å². The van der Waals surface area contributed by atoms with Crippen molar-refractivity contribution < 1.29 is 38.1 Å². The molecule has 1 heterocycles. The van der Waals surface area contributed by atoms with Crippen molar-refractivity contribution in [3.63, 3.8) is 0 Å². The fraction of sp³-hybridized carbons (Fsp3) is 0.350. The minimum absolute atomic E-state index is 0.121. The highest BCUT2D eigenvalue weighted by atomic mass is 32.1. The fourth-order valence-corrected chi connectivity index (χ4v) is 3.70. The van der Waals surface area contributed by atoms with Gasteiger partial charge in [0.05, 0.1) is 39.6 Å². The highest BCUT2D eigenvalue weighted by Crippen LogP contribution is 2.38. The van der Waals surface area contributed by atoms with Crippen molar-refractivity contribution >= 4 is 34.2 Å². The highest BCUT2D eigenvalue weighted by molar-refractivity contribution is 7.16. The third kappa shape index (κ3) is 4.82. The SMILES string of the molecule is COC(=O)c1c(NC(=O)COC(=O)c2cc(OC)c(OC)c(OC)c2)sc(C)c1C. The maximum Gasteiger partial charge on any atom is 0.341 e. The lowest BCUT2D eigenvalue weighted by atomic mass is 10.1. The van der Waals surface area contributed by atoms with E-state index in [1.807, 2.05) is 6.92 Å². The number of hydrogen-bond donors (Lipinski definition) is 1. The van der Waals surface area contributed by atoms with Crippen LogP contribution in [-0.4, -0.2) is 52.9 Å². The second kappa shape index (κ2) is 9.97. The van der Waals surface area contributed by atoms with Crippen LogP contribution in [0.25, 0.3) is 0 Å². The van der Waals surface area contributed by atoms with Gasteiger partial charge < -0.3 is 29.0 Å². The Morgan fingerprint density at radius 1 is 0.933 bits per heavy atom. The summed E-state index contributed by atoms with van der Waals surface area (Å²) < 4.78 is 25.5. The summed E-state index contributed by atoms with van der Waals surface area (Å²) in [5.41, 5.74) is 1.12. The molecular formula is C20H23NO8S. The van der Waals surface area contributed by atoms with Gasteiger partial charge in [-0.3, -0.25) is 4.79 Å². The van der Waals surface area contributed by atoms with Gasteiger partial charge in [0.2, 0.25) is 5.75 Å². The van der Waals surface area contributed by atoms with Gasteiger partial charge in [-0.25, -0.2) is 9.59 Å². The van der Waals surface area contributed by atoms with Crippen LogP contribution < -0.4 is 19.5 Å². The average Bonchev–Trinajstić information content (AvgIpc) is 3.02. The standard InChI is InChI=1S/C20H23NO8S/c1-10-11(2)30-18(16(10)20(24)28-6)21-15(22)9-29-19(23)12-7-13(25-3)17(27-5)14(8-12)26-4/h7-8H,9H2,1-6H3,(H,21,22). The van der Waals surface area contributed by atoms with Gasteiger partial charge in [0.25, 0.3) is 5.91 Å². The minimum Gasteiger partial charge on any atom is -0.493 e. The first-order valence-electron chi connectivity index (χ1n) is 8.72. The third-order valence-corrected chi connectivity index (χ3v) is 5.39. The van der Waals surface area contributed by atoms with Crippen LogP contribution >= 0.6 is 11.3 Å². The number of ether oxygens (including phenoxy) is 5. The molecule has 1 aromatic carbocycles. The number of methoxy groups -OCH3 is 4. The third-order valence-electron chi connectivity index (χ3n) is 4.26. The molecule has 1 aromatic heterocycles. The van der Waals surface area contributed by atoms with Crippen molar-refractivity contribution in [3.05, 3.63) is 33.7 Å². The fourth-order valence-electron chi connectivity index (χ4n) is 2.64. The van der Waals surface area contributed by atoms with Crippen LogP contribution in [0.5, 0.6) is 17.2 Å². The molecule has 0 spiro atoms. The zero-order valence-electron chi connectivity index (χ0n) is 17.5. The number of benzene rings is 1. The largest absolute Gasteiger partial charge is 0.493 e. The zero-order chi connectivity index (χ0) is 22.4. The van der Waals surface area contributed by atoms with Gasteiger partial charge in [-0.1, -0.05) is 0 Å². The molecule has 0 aliphatic carbocycles. The number of aryl methyl sites for hydroxylation is 1. The number of carbonyl (C=O) groups excluding carboxylic acids is 3. The van der Waals surface area contributed by atoms with Crippen molar-refractivity contribution in [2.75, 3.05) is 40.4 Å². The van der Waals surface area contributed by atoms with Crippen molar-refractivity contribution in [2.45, 2.75) is 13.8 Å². The van der Waals surface area contributed by atoms with E-state index in [1.165, 1.54) is 51.9 Å². The first-order chi connectivity index (χ1) is 14.3. The predicted molar refractivity (Wildman–Crippen MR) is 110 cm³/mol. The molecule has 2 rings (SSSR count). The van der Waals surface area contributed by atoms with Gasteiger partial charge in [-0.05, 0) is 31.5 Å². The molecule has 9 nitrogen and oxygen atoms in total. The highest BCUT2D eigenvalue weighted by Gasteiger charge is 2.23. The van der Waals surface area contributed by atoms with Gasteiger partial charge in [0, 0.05) is 4.88 Å². The molecule has 162 valence electrons. The molecule has 0 saturated carbocycles. The molecule has 1 amide bonds. The number of amides is 1. The number of carbonyl (C=O) groups is 3. The van der Waals surface area contributed by atoms with Crippen LogP contribution in [0, 0.1) is 13.8 Å². The lowest BCUT2D eigenvalue weighted by Gasteiger charge is -2.13. The summed E-state index contributed by atoms with van der Waals surface area (Å²) in [5, 5.41) is 2.93. The Hall–Kier alpha value is -3.27. The summed E-state index contributed by atoms with van der Waals surface area (Å²) in [6.45, 7) is 3.04. The maximum atomic E-state index is 12.4. The number of hydrogen-bond acceptors (Lipinski definition) is 9. The maximum absolute atomic E-state index is 12.4. The molecule has 0 radical (unpaired) electrons. The van der Waals surface area contributed by atoms with E-state index >= 15 is 0 Å². The summed E-state index contributed by atoms with van der Waals surface area (Å²) in [6.07, 6.45) is 0. The minimum atomic E-state index is -0.754. The van der Waals surface area contributed by atoms with E-state index in [0.29, 0.717) is 10.8 Å². The van der Waals surface area contributed by atoms with Crippen LogP contribution in [0.2, 0.25) is 0 Å². The number of nitrogens with one attached hydrogen (secondary N) is 1. The Morgan fingerprint density at radius 3 is 2.03 bits per heavy atom. The Kier molecular flexibility index (Phi) is 7.65. The smallest absolute Gasteiger partial charge is 0.341 e. The van der Waals surface area contributed by atoms with Crippen LogP contribution in [0.3, 0.4) is 0 Å². The van der Waals surface area contributed by atoms with Crippen LogP contribution in [0.4, 0.5) is 5.00 Å². The molecule has 0 aliphatic heterocycles. The first-order valence-corrected chi connectivity index (χ1v) is 9.54. The molecule has 10 heteroatoms. The summed E-state index contributed by atoms with van der Waals surface area (Å²) in [5.74, 6) is -1.02. The van der Waals surface area contributed by atoms with E-state index in [2.05, 4.69) is 5.32 Å². The Morgan fingerprint density at radius 2 is 1.53 bits per heavy atom.